The molecule has 2 aromatic rings. The normalized spacial score (nSPS) is 18.5. The Balaban J connectivity index is 1.73. The van der Waals surface area contributed by atoms with E-state index >= 15 is 0 Å². The number of ether oxygens (including phenoxy) is 1. The minimum atomic E-state index is -0.961. The third kappa shape index (κ3) is 3.45. The molecule has 1 saturated heterocycles. The van der Waals surface area contributed by atoms with E-state index in [2.05, 4.69) is 9.88 Å². The van der Waals surface area contributed by atoms with Gasteiger partial charge in [-0.3, -0.25) is 4.90 Å². The standard InChI is InChI=1S/C16H18N2O3S/c19-15(20)11-21-14-6-2-1-4-12(14)10-18-8-3-5-13(18)16-17-7-9-22-16/h1-2,4,6-7,9,13H,3,5,8,10-11H2,(H,19,20). The van der Waals surface area contributed by atoms with Gasteiger partial charge >= 0.3 is 5.97 Å². The summed E-state index contributed by atoms with van der Waals surface area (Å²) in [6.07, 6.45) is 4.12. The van der Waals surface area contributed by atoms with Gasteiger partial charge in [-0.25, -0.2) is 9.78 Å². The molecule has 3 rings (SSSR count). The van der Waals surface area contributed by atoms with E-state index in [4.69, 9.17) is 9.84 Å². The highest BCUT2D eigenvalue weighted by atomic mass is 32.1. The van der Waals surface area contributed by atoms with Crippen LogP contribution in [0, 0.1) is 0 Å². The number of carbonyl (C=O) groups is 1. The molecule has 1 aromatic heterocycles. The lowest BCUT2D eigenvalue weighted by molar-refractivity contribution is -0.139. The summed E-state index contributed by atoms with van der Waals surface area (Å²) in [5, 5.41) is 11.9. The highest BCUT2D eigenvalue weighted by Crippen LogP contribution is 2.35. The van der Waals surface area contributed by atoms with E-state index in [1.54, 1.807) is 11.3 Å². The molecule has 22 heavy (non-hydrogen) atoms. The van der Waals surface area contributed by atoms with E-state index in [1.165, 1.54) is 0 Å². The third-order valence-electron chi connectivity index (χ3n) is 3.80. The number of hydrogen-bond acceptors (Lipinski definition) is 5. The van der Waals surface area contributed by atoms with Gasteiger partial charge in [0, 0.05) is 23.7 Å². The summed E-state index contributed by atoms with van der Waals surface area (Å²) in [5.41, 5.74) is 1.02. The zero-order chi connectivity index (χ0) is 15.4. The van der Waals surface area contributed by atoms with Crippen LogP contribution < -0.4 is 4.74 Å². The van der Waals surface area contributed by atoms with Crippen molar-refractivity contribution in [3.63, 3.8) is 0 Å². The molecule has 1 N–H and O–H groups in total. The highest BCUT2D eigenvalue weighted by Gasteiger charge is 2.28. The molecular formula is C16H18N2O3S. The molecule has 1 aromatic carbocycles. The summed E-state index contributed by atoms with van der Waals surface area (Å²) in [6.45, 7) is 1.46. The van der Waals surface area contributed by atoms with Crippen LogP contribution in [0.15, 0.2) is 35.8 Å². The van der Waals surface area contributed by atoms with Crippen LogP contribution >= 0.6 is 11.3 Å². The van der Waals surface area contributed by atoms with Crippen molar-refractivity contribution in [2.24, 2.45) is 0 Å². The van der Waals surface area contributed by atoms with Crippen LogP contribution in [-0.4, -0.2) is 34.1 Å². The fourth-order valence-electron chi connectivity index (χ4n) is 2.83. The second-order valence-corrected chi connectivity index (χ2v) is 6.22. The predicted molar refractivity (Wildman–Crippen MR) is 84.1 cm³/mol. The molecule has 1 aliphatic rings. The van der Waals surface area contributed by atoms with Gasteiger partial charge in [0.2, 0.25) is 0 Å². The van der Waals surface area contributed by atoms with Gasteiger partial charge in [-0.05, 0) is 25.5 Å². The fraction of sp³-hybridized carbons (Fsp3) is 0.375. The van der Waals surface area contributed by atoms with Crippen molar-refractivity contribution < 1.29 is 14.6 Å². The predicted octanol–water partition coefficient (Wildman–Crippen LogP) is 2.94. The Morgan fingerprint density at radius 2 is 2.32 bits per heavy atom. The van der Waals surface area contributed by atoms with E-state index in [1.807, 2.05) is 35.8 Å². The molecule has 1 unspecified atom stereocenters. The molecule has 1 aliphatic heterocycles. The molecule has 0 saturated carbocycles. The molecular weight excluding hydrogens is 300 g/mol. The van der Waals surface area contributed by atoms with Gasteiger partial charge in [0.05, 0.1) is 6.04 Å². The minimum absolute atomic E-state index is 0.313. The average Bonchev–Trinajstić information content (AvgIpc) is 3.16. The first kappa shape index (κ1) is 15.0. The molecule has 1 atom stereocenters. The van der Waals surface area contributed by atoms with Crippen molar-refractivity contribution >= 4 is 17.3 Å². The van der Waals surface area contributed by atoms with Crippen LogP contribution in [0.3, 0.4) is 0 Å². The zero-order valence-electron chi connectivity index (χ0n) is 12.1. The number of benzene rings is 1. The van der Waals surface area contributed by atoms with Gasteiger partial charge in [0.25, 0.3) is 0 Å². The molecule has 5 nitrogen and oxygen atoms in total. The molecule has 0 spiro atoms. The van der Waals surface area contributed by atoms with Crippen molar-refractivity contribution in [1.82, 2.24) is 9.88 Å². The summed E-state index contributed by atoms with van der Waals surface area (Å²) in [6, 6.07) is 7.99. The van der Waals surface area contributed by atoms with E-state index in [-0.39, 0.29) is 6.61 Å². The summed E-state index contributed by atoms with van der Waals surface area (Å²) in [7, 11) is 0. The number of hydrogen-bond donors (Lipinski definition) is 1. The van der Waals surface area contributed by atoms with E-state index < -0.39 is 5.97 Å². The summed E-state index contributed by atoms with van der Waals surface area (Å²) in [4.78, 5) is 17.5. The van der Waals surface area contributed by atoms with Gasteiger partial charge in [0.15, 0.2) is 6.61 Å². The van der Waals surface area contributed by atoms with E-state index in [0.29, 0.717) is 11.8 Å². The van der Waals surface area contributed by atoms with Crippen LogP contribution in [0.4, 0.5) is 0 Å². The van der Waals surface area contributed by atoms with Crippen molar-refractivity contribution in [3.05, 3.63) is 46.4 Å². The number of nitrogens with zero attached hydrogens (tertiary/aromatic N) is 2. The Labute approximate surface area is 133 Å². The minimum Gasteiger partial charge on any atom is -0.482 e. The van der Waals surface area contributed by atoms with Crippen molar-refractivity contribution in [2.75, 3.05) is 13.2 Å². The van der Waals surface area contributed by atoms with Crippen molar-refractivity contribution in [1.29, 1.82) is 0 Å². The molecule has 1 fully saturated rings. The number of carboxylic acids is 1. The second-order valence-electron chi connectivity index (χ2n) is 5.29. The van der Waals surface area contributed by atoms with Gasteiger partial charge in [-0.2, -0.15) is 0 Å². The van der Waals surface area contributed by atoms with Crippen molar-refractivity contribution in [2.45, 2.75) is 25.4 Å². The Kier molecular flexibility index (Phi) is 4.70. The number of likely N-dealkylation sites (tertiary alicyclic amines) is 1. The Hall–Kier alpha value is -1.92. The molecule has 0 radical (unpaired) electrons. The fourth-order valence-corrected chi connectivity index (χ4v) is 3.63. The number of thiazole rings is 1. The lowest BCUT2D eigenvalue weighted by Gasteiger charge is -2.23. The Bertz CT molecular complexity index is 630. The average molecular weight is 318 g/mol. The maximum Gasteiger partial charge on any atom is 0.341 e. The first-order valence-electron chi connectivity index (χ1n) is 7.30. The summed E-state index contributed by atoms with van der Waals surface area (Å²) < 4.78 is 5.40. The first-order valence-corrected chi connectivity index (χ1v) is 8.18. The van der Waals surface area contributed by atoms with Gasteiger partial charge in [-0.1, -0.05) is 18.2 Å². The molecule has 6 heteroatoms. The molecule has 2 heterocycles. The number of aliphatic carboxylic acids is 1. The molecule has 116 valence electrons. The Morgan fingerprint density at radius 1 is 1.45 bits per heavy atom. The highest BCUT2D eigenvalue weighted by molar-refractivity contribution is 7.09. The number of carboxylic acid groups (broad SMARTS) is 1. The third-order valence-corrected chi connectivity index (χ3v) is 4.67. The number of rotatable bonds is 6. The van der Waals surface area contributed by atoms with Gasteiger partial charge in [-0.15, -0.1) is 11.3 Å². The lowest BCUT2D eigenvalue weighted by Crippen LogP contribution is -2.23. The number of aromatic nitrogens is 1. The van der Waals surface area contributed by atoms with E-state index in [0.717, 1.165) is 36.5 Å². The topological polar surface area (TPSA) is 62.7 Å². The monoisotopic (exact) mass is 318 g/mol. The summed E-state index contributed by atoms with van der Waals surface area (Å²) in [5.74, 6) is -0.314. The molecule has 0 bridgehead atoms. The number of para-hydroxylation sites is 1. The van der Waals surface area contributed by atoms with Crippen LogP contribution in [0.1, 0.15) is 29.5 Å². The zero-order valence-corrected chi connectivity index (χ0v) is 13.0. The second kappa shape index (κ2) is 6.89. The van der Waals surface area contributed by atoms with Crippen LogP contribution in [-0.2, 0) is 11.3 Å². The summed E-state index contributed by atoms with van der Waals surface area (Å²) >= 11 is 1.69. The van der Waals surface area contributed by atoms with Gasteiger partial charge in [0.1, 0.15) is 10.8 Å². The van der Waals surface area contributed by atoms with Crippen LogP contribution in [0.5, 0.6) is 5.75 Å². The Morgan fingerprint density at radius 3 is 3.09 bits per heavy atom. The molecule has 0 aliphatic carbocycles. The maximum atomic E-state index is 10.7. The maximum absolute atomic E-state index is 10.7. The first-order chi connectivity index (χ1) is 10.7. The smallest absolute Gasteiger partial charge is 0.341 e. The SMILES string of the molecule is O=C(O)COc1ccccc1CN1CCCC1c1nccs1. The van der Waals surface area contributed by atoms with Crippen LogP contribution in [0.25, 0.3) is 0 Å². The largest absolute Gasteiger partial charge is 0.482 e. The van der Waals surface area contributed by atoms with Crippen LogP contribution in [0.2, 0.25) is 0 Å². The van der Waals surface area contributed by atoms with Crippen molar-refractivity contribution in [3.8, 4) is 5.75 Å². The molecule has 0 amide bonds. The van der Waals surface area contributed by atoms with Gasteiger partial charge < -0.3 is 9.84 Å². The van der Waals surface area contributed by atoms with E-state index in [9.17, 15) is 4.79 Å². The quantitative estimate of drug-likeness (QED) is 0.887. The lowest BCUT2D eigenvalue weighted by atomic mass is 10.1.